The summed E-state index contributed by atoms with van der Waals surface area (Å²) in [5.41, 5.74) is 10.2. The lowest BCUT2D eigenvalue weighted by molar-refractivity contribution is 0.523. The van der Waals surface area contributed by atoms with E-state index in [4.69, 9.17) is 0 Å². The summed E-state index contributed by atoms with van der Waals surface area (Å²) in [7, 11) is 0. The summed E-state index contributed by atoms with van der Waals surface area (Å²) in [4.78, 5) is 0. The first kappa shape index (κ1) is 33.4. The summed E-state index contributed by atoms with van der Waals surface area (Å²) in [6.45, 7) is 9.84. The van der Waals surface area contributed by atoms with Crippen molar-refractivity contribution in [3.63, 3.8) is 0 Å². The highest BCUT2D eigenvalue weighted by atomic mass is 14.5. The monoisotopic (exact) mass is 738 g/mol. The van der Waals surface area contributed by atoms with E-state index in [0.717, 1.165) is 0 Å². The fourth-order valence-corrected chi connectivity index (χ4v) is 10.8. The number of benzene rings is 11. The highest BCUT2D eigenvalue weighted by molar-refractivity contribution is 6.26. The average molecular weight is 739 g/mol. The van der Waals surface area contributed by atoms with Gasteiger partial charge in [0, 0.05) is 10.8 Å². The molecule has 0 aromatic heterocycles. The molecule has 1 aliphatic rings. The van der Waals surface area contributed by atoms with Crippen molar-refractivity contribution in [3.8, 4) is 22.3 Å². The first-order chi connectivity index (χ1) is 28.3. The third-order valence-electron chi connectivity index (χ3n) is 13.8. The van der Waals surface area contributed by atoms with Gasteiger partial charge in [-0.15, -0.1) is 0 Å². The third kappa shape index (κ3) is 4.58. The van der Waals surface area contributed by atoms with Gasteiger partial charge in [0.1, 0.15) is 0 Å². The molecule has 0 saturated heterocycles. The van der Waals surface area contributed by atoms with E-state index in [2.05, 4.69) is 210 Å². The Morgan fingerprint density at radius 3 is 0.914 bits per heavy atom. The second kappa shape index (κ2) is 11.9. The van der Waals surface area contributed by atoms with E-state index in [9.17, 15) is 0 Å². The predicted octanol–water partition coefficient (Wildman–Crippen LogP) is 16.1. The Balaban J connectivity index is 1.23. The van der Waals surface area contributed by atoms with Gasteiger partial charge in [0.15, 0.2) is 0 Å². The molecule has 274 valence electrons. The fraction of sp³-hybridized carbons (Fsp3) is 0.103. The zero-order chi connectivity index (χ0) is 38.9. The van der Waals surface area contributed by atoms with Crippen LogP contribution in [0.3, 0.4) is 0 Å². The summed E-state index contributed by atoms with van der Waals surface area (Å²) in [6.07, 6.45) is 0. The Morgan fingerprint density at radius 2 is 0.534 bits per heavy atom. The third-order valence-corrected chi connectivity index (χ3v) is 13.8. The average Bonchev–Trinajstić information content (AvgIpc) is 3.26. The van der Waals surface area contributed by atoms with Crippen molar-refractivity contribution in [2.75, 3.05) is 0 Å². The van der Waals surface area contributed by atoms with Crippen molar-refractivity contribution in [2.45, 2.75) is 38.5 Å². The zero-order valence-corrected chi connectivity index (χ0v) is 33.3. The van der Waals surface area contributed by atoms with Crippen LogP contribution >= 0.6 is 0 Å². The molecule has 12 rings (SSSR count). The molecule has 0 nitrogen and oxygen atoms in total. The van der Waals surface area contributed by atoms with Gasteiger partial charge in [-0.3, -0.25) is 0 Å². The van der Waals surface area contributed by atoms with Crippen LogP contribution in [-0.4, -0.2) is 0 Å². The van der Waals surface area contributed by atoms with Gasteiger partial charge in [0.25, 0.3) is 0 Å². The molecule has 0 spiro atoms. The topological polar surface area (TPSA) is 0 Å². The van der Waals surface area contributed by atoms with Gasteiger partial charge in [-0.1, -0.05) is 173 Å². The smallest absolute Gasteiger partial charge is 0.0153 e. The molecular weight excluding hydrogens is 697 g/mol. The largest absolute Gasteiger partial charge is 0.0616 e. The molecule has 0 unspecified atom stereocenters. The molecule has 58 heavy (non-hydrogen) atoms. The van der Waals surface area contributed by atoms with Crippen molar-refractivity contribution in [3.05, 3.63) is 204 Å². The van der Waals surface area contributed by atoms with E-state index in [0.29, 0.717) is 0 Å². The molecule has 0 bridgehead atoms. The molecule has 11 aromatic rings. The minimum Gasteiger partial charge on any atom is -0.0616 e. The van der Waals surface area contributed by atoms with E-state index in [1.54, 1.807) is 0 Å². The maximum atomic E-state index is 2.60. The van der Waals surface area contributed by atoms with Crippen LogP contribution in [0.5, 0.6) is 0 Å². The van der Waals surface area contributed by atoms with Crippen molar-refractivity contribution < 1.29 is 0 Å². The van der Waals surface area contributed by atoms with Crippen LogP contribution in [0, 0.1) is 0 Å². The maximum absolute atomic E-state index is 2.60. The standard InChI is InChI=1S/C58H42/c1-57(2)51-31-47-43-21-11-9-19-41(43)42-20-10-12-22-44(42)48(47)32-52(51)58(3,4)54-34-50-49(33-53(54)57)55(39-27-25-35-15-5-7-17-37(35)29-39)45-23-13-14-24-46(45)56(50)40-28-26-36-16-6-8-18-38(36)30-40/h5-34H,1-4H3. The van der Waals surface area contributed by atoms with Gasteiger partial charge in [0.05, 0.1) is 0 Å². The van der Waals surface area contributed by atoms with Crippen LogP contribution in [0.15, 0.2) is 182 Å². The lowest BCUT2D eigenvalue weighted by atomic mass is 9.59. The maximum Gasteiger partial charge on any atom is 0.0153 e. The van der Waals surface area contributed by atoms with Crippen LogP contribution in [0.1, 0.15) is 49.9 Å². The van der Waals surface area contributed by atoms with Gasteiger partial charge < -0.3 is 0 Å². The van der Waals surface area contributed by atoms with Crippen molar-refractivity contribution in [2.24, 2.45) is 0 Å². The van der Waals surface area contributed by atoms with Crippen LogP contribution < -0.4 is 0 Å². The zero-order valence-electron chi connectivity index (χ0n) is 33.3. The normalized spacial score (nSPS) is 14.5. The molecule has 0 amide bonds. The Hall–Kier alpha value is -6.76. The van der Waals surface area contributed by atoms with Gasteiger partial charge >= 0.3 is 0 Å². The predicted molar refractivity (Wildman–Crippen MR) is 251 cm³/mol. The minimum absolute atomic E-state index is 0.259. The van der Waals surface area contributed by atoms with Crippen LogP contribution in [0.25, 0.3) is 97.7 Å². The summed E-state index contributed by atoms with van der Waals surface area (Å²) in [5, 5.41) is 18.2. The van der Waals surface area contributed by atoms with Crippen molar-refractivity contribution in [1.82, 2.24) is 0 Å². The van der Waals surface area contributed by atoms with E-state index in [-0.39, 0.29) is 10.8 Å². The lowest BCUT2D eigenvalue weighted by Crippen LogP contribution is -2.36. The molecule has 0 heteroatoms. The molecule has 0 radical (unpaired) electrons. The summed E-state index contributed by atoms with van der Waals surface area (Å²) >= 11 is 0. The van der Waals surface area contributed by atoms with Gasteiger partial charge in [-0.25, -0.2) is 0 Å². The summed E-state index contributed by atoms with van der Waals surface area (Å²) < 4.78 is 0. The second-order valence-electron chi connectivity index (χ2n) is 17.6. The van der Waals surface area contributed by atoms with Gasteiger partial charge in [-0.2, -0.15) is 0 Å². The van der Waals surface area contributed by atoms with E-state index in [1.807, 2.05) is 0 Å². The molecule has 11 aromatic carbocycles. The molecule has 0 heterocycles. The Labute approximate surface area is 339 Å². The minimum atomic E-state index is -0.259. The first-order valence-corrected chi connectivity index (χ1v) is 20.7. The Bertz CT molecular complexity index is 3320. The molecule has 0 N–H and O–H groups in total. The SMILES string of the molecule is CC1(C)c2cc3c(-c4ccc5ccccc5c4)c4ccccc4c(-c4ccc5ccccc5c4)c3cc2C(C)(C)c2cc3c4ccccc4c4ccccc4c3cc21. The quantitative estimate of drug-likeness (QED) is 0.122. The van der Waals surface area contributed by atoms with E-state index >= 15 is 0 Å². The molecule has 0 atom stereocenters. The molecule has 0 aliphatic heterocycles. The first-order valence-electron chi connectivity index (χ1n) is 20.7. The molecular formula is C58H42. The summed E-state index contributed by atoms with van der Waals surface area (Å²) in [5.74, 6) is 0. The number of hydrogen-bond donors (Lipinski definition) is 0. The number of rotatable bonds is 2. The van der Waals surface area contributed by atoms with Crippen LogP contribution in [0.2, 0.25) is 0 Å². The van der Waals surface area contributed by atoms with Gasteiger partial charge in [-0.05, 0) is 156 Å². The Kier molecular flexibility index (Phi) is 6.84. The molecule has 0 fully saturated rings. The lowest BCUT2D eigenvalue weighted by Gasteiger charge is -2.44. The molecule has 1 aliphatic carbocycles. The molecule has 0 saturated carbocycles. The fourth-order valence-electron chi connectivity index (χ4n) is 10.8. The van der Waals surface area contributed by atoms with Crippen molar-refractivity contribution >= 4 is 75.4 Å². The van der Waals surface area contributed by atoms with Crippen LogP contribution in [0.4, 0.5) is 0 Å². The van der Waals surface area contributed by atoms with E-state index < -0.39 is 0 Å². The Morgan fingerprint density at radius 1 is 0.241 bits per heavy atom. The highest BCUT2D eigenvalue weighted by Crippen LogP contribution is 2.55. The van der Waals surface area contributed by atoms with E-state index in [1.165, 1.54) is 120 Å². The summed E-state index contributed by atoms with van der Waals surface area (Å²) in [6, 6.07) is 68.9. The van der Waals surface area contributed by atoms with Gasteiger partial charge in [0.2, 0.25) is 0 Å². The number of fused-ring (bicyclic) bond motifs is 12. The second-order valence-corrected chi connectivity index (χ2v) is 17.6. The number of hydrogen-bond acceptors (Lipinski definition) is 0. The highest BCUT2D eigenvalue weighted by Gasteiger charge is 2.43. The van der Waals surface area contributed by atoms with Crippen LogP contribution in [-0.2, 0) is 10.8 Å². The van der Waals surface area contributed by atoms with Crippen molar-refractivity contribution in [1.29, 1.82) is 0 Å².